The maximum absolute atomic E-state index is 13.0. The van der Waals surface area contributed by atoms with Gasteiger partial charge in [0.25, 0.3) is 5.91 Å². The van der Waals surface area contributed by atoms with Crippen molar-refractivity contribution in [1.82, 2.24) is 10.2 Å². The first-order chi connectivity index (χ1) is 10.5. The molecule has 4 saturated heterocycles. The van der Waals surface area contributed by atoms with Crippen LogP contribution in [0.3, 0.4) is 0 Å². The van der Waals surface area contributed by atoms with E-state index in [1.807, 2.05) is 0 Å². The van der Waals surface area contributed by atoms with Crippen LogP contribution < -0.4 is 10.2 Å². The Morgan fingerprint density at radius 3 is 2.45 bits per heavy atom. The van der Waals surface area contributed by atoms with E-state index in [-0.39, 0.29) is 17.9 Å². The molecule has 1 spiro atoms. The molecule has 5 nitrogen and oxygen atoms in total. The van der Waals surface area contributed by atoms with Crippen molar-refractivity contribution < 1.29 is 9.59 Å². The van der Waals surface area contributed by atoms with Gasteiger partial charge < -0.3 is 10.2 Å². The highest BCUT2D eigenvalue weighted by atomic mass is 35.5. The number of benzene rings is 1. The van der Waals surface area contributed by atoms with Crippen molar-refractivity contribution in [2.24, 2.45) is 5.92 Å². The Morgan fingerprint density at radius 1 is 1.14 bits per heavy atom. The number of piperidine rings is 3. The molecule has 22 heavy (non-hydrogen) atoms. The van der Waals surface area contributed by atoms with Crippen LogP contribution in [-0.4, -0.2) is 42.0 Å². The number of carbonyl (C=O) groups excluding carboxylic acids is 2. The standard InChI is InChI=1S/C15H15Cl2N3O2/c16-11-2-1-10(7-12(11)17)20-13(21)15(18-14(20)22)8-19-5-3-9(15)4-6-19/h1-2,7,9H,3-6,8H2,(H,18,22). The van der Waals surface area contributed by atoms with Crippen LogP contribution in [0.1, 0.15) is 12.8 Å². The molecule has 1 atom stereocenters. The Bertz CT molecular complexity index is 673. The van der Waals surface area contributed by atoms with Gasteiger partial charge in [-0.15, -0.1) is 0 Å². The zero-order valence-electron chi connectivity index (χ0n) is 11.8. The van der Waals surface area contributed by atoms with Crippen LogP contribution in [0.25, 0.3) is 0 Å². The van der Waals surface area contributed by atoms with E-state index in [9.17, 15) is 9.59 Å². The molecule has 4 fully saturated rings. The summed E-state index contributed by atoms with van der Waals surface area (Å²) in [5, 5.41) is 3.68. The van der Waals surface area contributed by atoms with E-state index in [0.717, 1.165) is 25.9 Å². The fourth-order valence-electron chi connectivity index (χ4n) is 3.90. The minimum absolute atomic E-state index is 0.176. The lowest BCUT2D eigenvalue weighted by Crippen LogP contribution is -2.67. The Labute approximate surface area is 138 Å². The number of fused-ring (bicyclic) bond motifs is 2. The molecule has 0 radical (unpaired) electrons. The third-order valence-corrected chi connectivity index (χ3v) is 5.78. The molecule has 0 saturated carbocycles. The van der Waals surface area contributed by atoms with Crippen molar-refractivity contribution in [2.75, 3.05) is 24.5 Å². The number of hydrogen-bond donors (Lipinski definition) is 1. The Hall–Kier alpha value is -1.30. The summed E-state index contributed by atoms with van der Waals surface area (Å²) in [6, 6.07) is 4.42. The van der Waals surface area contributed by atoms with E-state index < -0.39 is 5.54 Å². The first-order valence-corrected chi connectivity index (χ1v) is 8.11. The van der Waals surface area contributed by atoms with Crippen LogP contribution in [0.2, 0.25) is 10.0 Å². The molecule has 7 heteroatoms. The molecular formula is C15H15Cl2N3O2. The summed E-state index contributed by atoms with van der Waals surface area (Å²) in [6.07, 6.45) is 1.89. The first kappa shape index (κ1) is 14.3. The van der Waals surface area contributed by atoms with Crippen LogP contribution in [0.5, 0.6) is 0 Å². The zero-order valence-corrected chi connectivity index (χ0v) is 13.3. The molecular weight excluding hydrogens is 325 g/mol. The van der Waals surface area contributed by atoms with Gasteiger partial charge >= 0.3 is 6.03 Å². The van der Waals surface area contributed by atoms with E-state index in [1.54, 1.807) is 18.2 Å². The van der Waals surface area contributed by atoms with Gasteiger partial charge in [-0.05, 0) is 50.0 Å². The zero-order chi connectivity index (χ0) is 15.5. The number of halogens is 2. The number of urea groups is 1. The van der Waals surface area contributed by atoms with Crippen molar-refractivity contribution in [3.05, 3.63) is 28.2 Å². The van der Waals surface area contributed by atoms with Gasteiger partial charge in [-0.2, -0.15) is 0 Å². The van der Waals surface area contributed by atoms with Gasteiger partial charge in [0, 0.05) is 6.54 Å². The van der Waals surface area contributed by atoms with Crippen LogP contribution in [0.15, 0.2) is 18.2 Å². The summed E-state index contributed by atoms with van der Waals surface area (Å²) in [4.78, 5) is 28.9. The van der Waals surface area contributed by atoms with E-state index in [0.29, 0.717) is 22.3 Å². The lowest BCUT2D eigenvalue weighted by molar-refractivity contribution is -0.129. The quantitative estimate of drug-likeness (QED) is 0.800. The van der Waals surface area contributed by atoms with Gasteiger partial charge in [0.05, 0.1) is 15.7 Å². The van der Waals surface area contributed by atoms with Gasteiger partial charge in [-0.1, -0.05) is 23.2 Å². The SMILES string of the molecule is O=C1NC2(CN3CCC2CC3)C(=O)N1c1ccc(Cl)c(Cl)c1. The second kappa shape index (κ2) is 4.85. The summed E-state index contributed by atoms with van der Waals surface area (Å²) in [5.41, 5.74) is -0.315. The molecule has 4 aliphatic heterocycles. The molecule has 1 aromatic carbocycles. The van der Waals surface area contributed by atoms with Crippen molar-refractivity contribution in [2.45, 2.75) is 18.4 Å². The van der Waals surface area contributed by atoms with Crippen molar-refractivity contribution >= 4 is 40.8 Å². The fraction of sp³-hybridized carbons (Fsp3) is 0.467. The molecule has 116 valence electrons. The minimum atomic E-state index is -0.778. The second-order valence-electron chi connectivity index (χ2n) is 6.19. The van der Waals surface area contributed by atoms with Crippen LogP contribution in [-0.2, 0) is 4.79 Å². The number of hydrogen-bond acceptors (Lipinski definition) is 3. The summed E-state index contributed by atoms with van der Waals surface area (Å²) in [5.74, 6) is 0.0343. The van der Waals surface area contributed by atoms with Gasteiger partial charge in [0.2, 0.25) is 0 Å². The third kappa shape index (κ3) is 1.89. The predicted molar refractivity (Wildman–Crippen MR) is 84.4 cm³/mol. The minimum Gasteiger partial charge on any atom is -0.321 e. The Kier molecular flexibility index (Phi) is 3.15. The van der Waals surface area contributed by atoms with E-state index in [4.69, 9.17) is 23.2 Å². The lowest BCUT2D eigenvalue weighted by atomic mass is 9.72. The summed E-state index contributed by atoms with van der Waals surface area (Å²) >= 11 is 11.9. The summed E-state index contributed by atoms with van der Waals surface area (Å²) in [6.45, 7) is 2.60. The maximum atomic E-state index is 13.0. The second-order valence-corrected chi connectivity index (χ2v) is 7.01. The number of imide groups is 1. The van der Waals surface area contributed by atoms with Crippen molar-refractivity contribution in [3.8, 4) is 0 Å². The van der Waals surface area contributed by atoms with Crippen LogP contribution in [0, 0.1) is 5.92 Å². The molecule has 1 unspecified atom stereocenters. The van der Waals surface area contributed by atoms with E-state index in [2.05, 4.69) is 10.2 Å². The smallest absolute Gasteiger partial charge is 0.321 e. The average Bonchev–Trinajstić information content (AvgIpc) is 2.74. The fourth-order valence-corrected chi connectivity index (χ4v) is 4.19. The Morgan fingerprint density at radius 2 is 1.86 bits per heavy atom. The first-order valence-electron chi connectivity index (χ1n) is 7.35. The number of amides is 3. The monoisotopic (exact) mass is 339 g/mol. The van der Waals surface area contributed by atoms with Crippen LogP contribution >= 0.6 is 23.2 Å². The molecule has 5 rings (SSSR count). The Balaban J connectivity index is 1.72. The van der Waals surface area contributed by atoms with Gasteiger partial charge in [-0.25, -0.2) is 9.69 Å². The molecule has 1 aromatic rings. The molecule has 0 aromatic heterocycles. The highest BCUT2D eigenvalue weighted by Gasteiger charge is 2.59. The number of anilines is 1. The van der Waals surface area contributed by atoms with E-state index in [1.165, 1.54) is 4.90 Å². The highest BCUT2D eigenvalue weighted by Crippen LogP contribution is 2.41. The highest BCUT2D eigenvalue weighted by molar-refractivity contribution is 6.42. The number of nitrogens with zero attached hydrogens (tertiary/aromatic N) is 2. The van der Waals surface area contributed by atoms with E-state index >= 15 is 0 Å². The molecule has 2 bridgehead atoms. The predicted octanol–water partition coefficient (Wildman–Crippen LogP) is 2.51. The normalized spacial score (nSPS) is 33.6. The van der Waals surface area contributed by atoms with Crippen molar-refractivity contribution in [3.63, 3.8) is 0 Å². The molecule has 0 aliphatic carbocycles. The maximum Gasteiger partial charge on any atom is 0.329 e. The molecule has 1 N–H and O–H groups in total. The van der Waals surface area contributed by atoms with Gasteiger partial charge in [-0.3, -0.25) is 4.79 Å². The van der Waals surface area contributed by atoms with Crippen LogP contribution in [0.4, 0.5) is 10.5 Å². The van der Waals surface area contributed by atoms with Crippen molar-refractivity contribution in [1.29, 1.82) is 0 Å². The summed E-state index contributed by atoms with van der Waals surface area (Å²) in [7, 11) is 0. The summed E-state index contributed by atoms with van der Waals surface area (Å²) < 4.78 is 0. The molecule has 4 aliphatic rings. The third-order valence-electron chi connectivity index (χ3n) is 5.04. The molecule has 3 amide bonds. The topological polar surface area (TPSA) is 52.7 Å². The lowest BCUT2D eigenvalue weighted by Gasteiger charge is -2.49. The number of rotatable bonds is 1. The largest absolute Gasteiger partial charge is 0.329 e. The average molecular weight is 340 g/mol. The number of nitrogens with one attached hydrogen (secondary N) is 1. The molecule has 4 heterocycles. The van der Waals surface area contributed by atoms with Gasteiger partial charge in [0.1, 0.15) is 5.54 Å². The van der Waals surface area contributed by atoms with Gasteiger partial charge in [0.15, 0.2) is 0 Å². The number of carbonyl (C=O) groups is 2.